The highest BCUT2D eigenvalue weighted by Crippen LogP contribution is 1.63. The highest BCUT2D eigenvalue weighted by atomic mass is 13.6. The molecule has 0 nitrogen and oxygen atoms in total. The molecule has 0 aromatic carbocycles. The molecule has 0 bridgehead atoms. The molecule has 0 amide bonds. The molecule has 0 heterocycles. The third-order valence-corrected chi connectivity index (χ3v) is 0.462. The average molecular weight is 104 g/mol. The lowest BCUT2D eigenvalue weighted by Gasteiger charge is -1.59. The molecule has 0 spiro atoms. The topological polar surface area (TPSA) is 0 Å². The first kappa shape index (κ1) is 6.68. The molecule has 8 heavy (non-hydrogen) atoms. The highest BCUT2D eigenvalue weighted by Gasteiger charge is 1.54. The van der Waals surface area contributed by atoms with E-state index in [2.05, 4.69) is 29.6 Å². The van der Waals surface area contributed by atoms with Gasteiger partial charge in [-0.2, -0.15) is 0 Å². The Morgan fingerprint density at radius 2 is 2.12 bits per heavy atom. The SMILES string of the molecule is C#CC#CC#CCC.[HH]. The van der Waals surface area contributed by atoms with Crippen LogP contribution in [0.5, 0.6) is 0 Å². The number of rotatable bonds is 0. The summed E-state index contributed by atoms with van der Waals surface area (Å²) in [5.41, 5.74) is 0. The van der Waals surface area contributed by atoms with Crippen LogP contribution in [0.1, 0.15) is 14.8 Å². The molecule has 0 N–H and O–H groups in total. The van der Waals surface area contributed by atoms with Crippen molar-refractivity contribution >= 4 is 0 Å². The lowest BCUT2D eigenvalue weighted by molar-refractivity contribution is 1.28. The van der Waals surface area contributed by atoms with Gasteiger partial charge < -0.3 is 0 Å². The largest absolute Gasteiger partial charge is 0.106 e. The molecule has 0 aliphatic rings. The summed E-state index contributed by atoms with van der Waals surface area (Å²) in [4.78, 5) is 0. The second-order valence-corrected chi connectivity index (χ2v) is 1.05. The standard InChI is InChI=1S/C8H6.H2/c1-3-5-7-8-6-4-2;/h1H,4H2,2H3;1H. The zero-order valence-electron chi connectivity index (χ0n) is 4.78. The van der Waals surface area contributed by atoms with Crippen molar-refractivity contribution in [3.8, 4) is 36.0 Å². The Morgan fingerprint density at radius 1 is 1.38 bits per heavy atom. The Hall–Kier alpha value is -1.32. The van der Waals surface area contributed by atoms with Crippen molar-refractivity contribution in [2.45, 2.75) is 13.3 Å². The summed E-state index contributed by atoms with van der Waals surface area (Å²) in [6.45, 7) is 1.96. The molecule has 40 valence electrons. The van der Waals surface area contributed by atoms with Crippen molar-refractivity contribution in [3.05, 3.63) is 0 Å². The smallest absolute Gasteiger partial charge is 0.00704 e. The van der Waals surface area contributed by atoms with E-state index in [1.165, 1.54) is 0 Å². The lowest BCUT2D eigenvalue weighted by atomic mass is 10.4. The fourth-order valence-corrected chi connectivity index (χ4v) is 0.200. The monoisotopic (exact) mass is 104 g/mol. The molecule has 0 saturated heterocycles. The zero-order valence-corrected chi connectivity index (χ0v) is 4.78. The maximum atomic E-state index is 4.82. The summed E-state index contributed by atoms with van der Waals surface area (Å²) >= 11 is 0. The van der Waals surface area contributed by atoms with E-state index in [4.69, 9.17) is 6.42 Å². The average Bonchev–Trinajstić information content (AvgIpc) is 1.81. The Labute approximate surface area is 51.8 Å². The molecule has 0 fully saturated rings. The van der Waals surface area contributed by atoms with Gasteiger partial charge in [0.25, 0.3) is 0 Å². The van der Waals surface area contributed by atoms with E-state index in [0.29, 0.717) is 0 Å². The molecule has 0 aliphatic heterocycles. The van der Waals surface area contributed by atoms with Crippen LogP contribution in [0.25, 0.3) is 0 Å². The van der Waals surface area contributed by atoms with Crippen molar-refractivity contribution in [1.82, 2.24) is 0 Å². The Morgan fingerprint density at radius 3 is 2.62 bits per heavy atom. The summed E-state index contributed by atoms with van der Waals surface area (Å²) in [5, 5.41) is 0. The van der Waals surface area contributed by atoms with Gasteiger partial charge in [0.2, 0.25) is 0 Å². The van der Waals surface area contributed by atoms with Crippen molar-refractivity contribution < 1.29 is 1.43 Å². The maximum Gasteiger partial charge on any atom is 0.00704 e. The summed E-state index contributed by atoms with van der Waals surface area (Å²) in [6.07, 6.45) is 5.65. The predicted molar refractivity (Wildman–Crippen MR) is 36.8 cm³/mol. The summed E-state index contributed by atoms with van der Waals surface area (Å²) < 4.78 is 0. The first-order valence-electron chi connectivity index (χ1n) is 2.35. The minimum atomic E-state index is 0. The van der Waals surface area contributed by atoms with E-state index in [1.54, 1.807) is 0 Å². The lowest BCUT2D eigenvalue weighted by Crippen LogP contribution is -1.51. The van der Waals surface area contributed by atoms with E-state index in [1.807, 2.05) is 6.92 Å². The van der Waals surface area contributed by atoms with E-state index in [-0.39, 0.29) is 1.43 Å². The quantitative estimate of drug-likeness (QED) is 0.406. The summed E-state index contributed by atoms with van der Waals surface area (Å²) in [5.74, 6) is 12.4. The fraction of sp³-hybridized carbons (Fsp3) is 0.250. The van der Waals surface area contributed by atoms with Crippen LogP contribution in [-0.2, 0) is 0 Å². The first-order chi connectivity index (χ1) is 3.91. The second-order valence-electron chi connectivity index (χ2n) is 1.05. The third kappa shape index (κ3) is 4.68. The van der Waals surface area contributed by atoms with Gasteiger partial charge in [-0.1, -0.05) is 12.8 Å². The summed E-state index contributed by atoms with van der Waals surface area (Å²) in [6, 6.07) is 0. The number of terminal acetylenes is 1. The normalized spacial score (nSPS) is 4.50. The molecular weight excluding hydrogens is 96.1 g/mol. The van der Waals surface area contributed by atoms with Crippen LogP contribution < -0.4 is 0 Å². The van der Waals surface area contributed by atoms with Gasteiger partial charge in [0.15, 0.2) is 0 Å². The van der Waals surface area contributed by atoms with Crippen LogP contribution in [0.3, 0.4) is 0 Å². The maximum absolute atomic E-state index is 4.82. The van der Waals surface area contributed by atoms with Gasteiger partial charge in [-0.3, -0.25) is 0 Å². The van der Waals surface area contributed by atoms with Crippen LogP contribution in [-0.4, -0.2) is 0 Å². The molecule has 0 aromatic rings. The molecular formula is C8H8. The van der Waals surface area contributed by atoms with Crippen molar-refractivity contribution in [2.24, 2.45) is 0 Å². The second kappa shape index (κ2) is 5.68. The molecule has 0 heteroatoms. The van der Waals surface area contributed by atoms with Gasteiger partial charge in [0, 0.05) is 7.85 Å². The van der Waals surface area contributed by atoms with Gasteiger partial charge in [-0.15, -0.1) is 6.42 Å². The Bertz CT molecular complexity index is 199. The minimum absolute atomic E-state index is 0. The van der Waals surface area contributed by atoms with Crippen molar-refractivity contribution in [2.75, 3.05) is 0 Å². The highest BCUT2D eigenvalue weighted by molar-refractivity contribution is 5.33. The van der Waals surface area contributed by atoms with Crippen LogP contribution in [0.15, 0.2) is 0 Å². The van der Waals surface area contributed by atoms with Crippen LogP contribution >= 0.6 is 0 Å². The van der Waals surface area contributed by atoms with Crippen LogP contribution in [0, 0.1) is 36.0 Å². The van der Waals surface area contributed by atoms with Gasteiger partial charge in [-0.25, -0.2) is 0 Å². The zero-order chi connectivity index (χ0) is 6.24. The van der Waals surface area contributed by atoms with Gasteiger partial charge >= 0.3 is 0 Å². The van der Waals surface area contributed by atoms with Gasteiger partial charge in [-0.05, 0) is 23.7 Å². The molecule has 0 rings (SSSR count). The van der Waals surface area contributed by atoms with Crippen molar-refractivity contribution in [3.63, 3.8) is 0 Å². The van der Waals surface area contributed by atoms with E-state index in [9.17, 15) is 0 Å². The molecule has 0 aromatic heterocycles. The van der Waals surface area contributed by atoms with Crippen LogP contribution in [0.4, 0.5) is 0 Å². The summed E-state index contributed by atoms with van der Waals surface area (Å²) in [7, 11) is 0. The Balaban J connectivity index is 0. The first-order valence-corrected chi connectivity index (χ1v) is 2.35. The molecule has 0 aliphatic carbocycles. The fourth-order valence-electron chi connectivity index (χ4n) is 0.200. The number of hydrogen-bond acceptors (Lipinski definition) is 0. The molecule has 0 unspecified atom stereocenters. The molecule has 0 radical (unpaired) electrons. The van der Waals surface area contributed by atoms with E-state index in [0.717, 1.165) is 6.42 Å². The predicted octanol–water partition coefficient (Wildman–Crippen LogP) is 1.28. The molecule has 0 atom stereocenters. The number of hydrogen-bond donors (Lipinski definition) is 0. The molecule has 0 saturated carbocycles. The van der Waals surface area contributed by atoms with E-state index >= 15 is 0 Å². The van der Waals surface area contributed by atoms with E-state index < -0.39 is 0 Å². The third-order valence-electron chi connectivity index (χ3n) is 0.462. The van der Waals surface area contributed by atoms with Crippen LogP contribution in [0.2, 0.25) is 0 Å². The van der Waals surface area contributed by atoms with Crippen molar-refractivity contribution in [1.29, 1.82) is 0 Å². The van der Waals surface area contributed by atoms with Gasteiger partial charge in [0.1, 0.15) is 0 Å². The van der Waals surface area contributed by atoms with Gasteiger partial charge in [0.05, 0.1) is 0 Å². The Kier molecular flexibility index (Phi) is 4.74. The minimum Gasteiger partial charge on any atom is -0.106 e.